The number of para-hydroxylation sites is 2. The summed E-state index contributed by atoms with van der Waals surface area (Å²) in [5.41, 5.74) is 4.30. The highest BCUT2D eigenvalue weighted by Crippen LogP contribution is 2.29. The molecule has 0 aromatic heterocycles. The van der Waals surface area contributed by atoms with Gasteiger partial charge in [-0.15, -0.1) is 0 Å². The fourth-order valence-electron chi connectivity index (χ4n) is 3.75. The Morgan fingerprint density at radius 2 is 1.43 bits per heavy atom. The van der Waals surface area contributed by atoms with Crippen LogP contribution in [0.2, 0.25) is 0 Å². The summed E-state index contributed by atoms with van der Waals surface area (Å²) in [5, 5.41) is 9.00. The highest BCUT2D eigenvalue weighted by atomic mass is 79.9. The minimum atomic E-state index is -0.353. The molecule has 3 N–H and O–H groups in total. The van der Waals surface area contributed by atoms with E-state index in [1.807, 2.05) is 72.8 Å². The van der Waals surface area contributed by atoms with E-state index in [1.165, 1.54) is 0 Å². The molecule has 0 atom stereocenters. The van der Waals surface area contributed by atoms with Crippen molar-refractivity contribution < 1.29 is 14.3 Å². The molecule has 0 spiro atoms. The van der Waals surface area contributed by atoms with Crippen LogP contribution in [-0.2, 0) is 4.79 Å². The number of nitrogens with one attached hydrogen (secondary N) is 3. The number of rotatable bonds is 9. The molecule has 37 heavy (non-hydrogen) atoms. The van der Waals surface area contributed by atoms with Crippen molar-refractivity contribution >= 4 is 50.5 Å². The van der Waals surface area contributed by atoms with Gasteiger partial charge in [-0.25, -0.2) is 0 Å². The number of carbonyl (C=O) groups is 2. The van der Waals surface area contributed by atoms with Gasteiger partial charge in [0.25, 0.3) is 11.8 Å². The average Bonchev–Trinajstić information content (AvgIpc) is 2.90. The third-order valence-corrected chi connectivity index (χ3v) is 6.10. The van der Waals surface area contributed by atoms with Crippen LogP contribution in [-0.4, -0.2) is 18.4 Å². The molecule has 4 aromatic rings. The van der Waals surface area contributed by atoms with Crippen molar-refractivity contribution in [2.24, 2.45) is 0 Å². The van der Waals surface area contributed by atoms with Gasteiger partial charge in [-0.2, -0.15) is 0 Å². The number of benzene rings is 4. The lowest BCUT2D eigenvalue weighted by Crippen LogP contribution is -2.23. The minimum absolute atomic E-state index is 0.173. The van der Waals surface area contributed by atoms with Gasteiger partial charge in [0.1, 0.15) is 5.75 Å². The molecule has 0 saturated heterocycles. The first-order chi connectivity index (χ1) is 17.9. The topological polar surface area (TPSA) is 79.5 Å². The molecule has 0 aliphatic rings. The lowest BCUT2D eigenvalue weighted by Gasteiger charge is -2.15. The summed E-state index contributed by atoms with van der Waals surface area (Å²) >= 11 is 3.47. The molecule has 0 fully saturated rings. The summed E-state index contributed by atoms with van der Waals surface area (Å²) in [6, 6.07) is 29.9. The van der Waals surface area contributed by atoms with E-state index >= 15 is 0 Å². The first kappa shape index (κ1) is 26.0. The van der Waals surface area contributed by atoms with Crippen molar-refractivity contribution in [3.63, 3.8) is 0 Å². The molecule has 2 amide bonds. The smallest absolute Gasteiger partial charge is 0.262 e. The number of hydrogen-bond acceptors (Lipinski definition) is 4. The van der Waals surface area contributed by atoms with Crippen LogP contribution in [0.4, 0.5) is 22.7 Å². The summed E-state index contributed by atoms with van der Waals surface area (Å²) in [6.07, 6.45) is 0. The molecule has 188 valence electrons. The number of ether oxygens (including phenoxy) is 1. The van der Waals surface area contributed by atoms with Crippen molar-refractivity contribution in [1.29, 1.82) is 0 Å². The van der Waals surface area contributed by atoms with Gasteiger partial charge in [0, 0.05) is 21.5 Å². The van der Waals surface area contributed by atoms with Crippen LogP contribution in [0.1, 0.15) is 35.7 Å². The zero-order valence-electron chi connectivity index (χ0n) is 20.6. The molecule has 4 rings (SSSR count). The Hall–Kier alpha value is -4.10. The van der Waals surface area contributed by atoms with Gasteiger partial charge < -0.3 is 20.7 Å². The van der Waals surface area contributed by atoms with Crippen molar-refractivity contribution in [2.75, 3.05) is 22.6 Å². The van der Waals surface area contributed by atoms with E-state index in [0.29, 0.717) is 22.7 Å². The predicted octanol–water partition coefficient (Wildman–Crippen LogP) is 7.59. The Bertz CT molecular complexity index is 1370. The number of hydrogen-bond donors (Lipinski definition) is 3. The second-order valence-electron chi connectivity index (χ2n) is 8.74. The summed E-state index contributed by atoms with van der Waals surface area (Å²) < 4.78 is 6.75. The van der Waals surface area contributed by atoms with Gasteiger partial charge in [-0.1, -0.05) is 60.1 Å². The quantitative estimate of drug-likeness (QED) is 0.198. The van der Waals surface area contributed by atoms with E-state index in [2.05, 4.69) is 45.7 Å². The first-order valence-corrected chi connectivity index (χ1v) is 12.7. The predicted molar refractivity (Wildman–Crippen MR) is 153 cm³/mol. The number of halogens is 1. The molecule has 7 heteroatoms. The highest BCUT2D eigenvalue weighted by molar-refractivity contribution is 9.10. The van der Waals surface area contributed by atoms with Gasteiger partial charge in [0.15, 0.2) is 6.61 Å². The third-order valence-electron chi connectivity index (χ3n) is 5.60. The van der Waals surface area contributed by atoms with Gasteiger partial charge in [0.05, 0.1) is 11.3 Å². The van der Waals surface area contributed by atoms with Crippen molar-refractivity contribution in [3.05, 3.63) is 113 Å². The normalized spacial score (nSPS) is 10.6. The maximum absolute atomic E-state index is 13.0. The Balaban J connectivity index is 1.38. The third kappa shape index (κ3) is 7.21. The van der Waals surface area contributed by atoms with E-state index in [-0.39, 0.29) is 24.3 Å². The summed E-state index contributed by atoms with van der Waals surface area (Å²) in [6.45, 7) is 3.96. The van der Waals surface area contributed by atoms with Crippen LogP contribution < -0.4 is 20.7 Å². The van der Waals surface area contributed by atoms with E-state index < -0.39 is 0 Å². The Labute approximate surface area is 225 Å². The molecule has 0 bridgehead atoms. The number of carbonyl (C=O) groups excluding carboxylic acids is 2. The van der Waals surface area contributed by atoms with E-state index in [9.17, 15) is 9.59 Å². The van der Waals surface area contributed by atoms with Crippen LogP contribution in [0.3, 0.4) is 0 Å². The molecule has 6 nitrogen and oxygen atoms in total. The summed E-state index contributed by atoms with van der Waals surface area (Å²) in [5.74, 6) is 0.220. The van der Waals surface area contributed by atoms with Crippen LogP contribution in [0.5, 0.6) is 5.75 Å². The SMILES string of the molecule is CC(C)c1cc(Br)ccc1OCC(=O)Nc1ccccc1C(=O)Nc1ccc(Nc2ccccc2)cc1. The highest BCUT2D eigenvalue weighted by Gasteiger charge is 2.15. The Morgan fingerprint density at radius 1 is 0.784 bits per heavy atom. The average molecular weight is 558 g/mol. The van der Waals surface area contributed by atoms with E-state index in [0.717, 1.165) is 21.4 Å². The van der Waals surface area contributed by atoms with Crippen LogP contribution in [0.25, 0.3) is 0 Å². The molecular formula is C30H28BrN3O3. The Kier molecular flexibility index (Phi) is 8.59. The van der Waals surface area contributed by atoms with Crippen molar-refractivity contribution in [1.82, 2.24) is 0 Å². The molecule has 0 radical (unpaired) electrons. The van der Waals surface area contributed by atoms with E-state index in [1.54, 1.807) is 24.3 Å². The van der Waals surface area contributed by atoms with Crippen LogP contribution >= 0.6 is 15.9 Å². The molecule has 0 aliphatic carbocycles. The monoisotopic (exact) mass is 557 g/mol. The summed E-state index contributed by atoms with van der Waals surface area (Å²) in [4.78, 5) is 25.7. The Morgan fingerprint density at radius 3 is 2.16 bits per heavy atom. The van der Waals surface area contributed by atoms with Crippen molar-refractivity contribution in [2.45, 2.75) is 19.8 Å². The standard InChI is InChI=1S/C30H28BrN3O3/c1-20(2)26-18-21(31)12-17-28(26)37-19-29(35)34-27-11-7-6-10-25(27)30(36)33-24-15-13-23(14-16-24)32-22-8-4-3-5-9-22/h3-18,20,32H,19H2,1-2H3,(H,33,36)(H,34,35). The second kappa shape index (κ2) is 12.2. The van der Waals surface area contributed by atoms with Gasteiger partial charge in [-0.3, -0.25) is 9.59 Å². The largest absolute Gasteiger partial charge is 0.483 e. The molecule has 0 heterocycles. The fraction of sp³-hybridized carbons (Fsp3) is 0.133. The van der Waals surface area contributed by atoms with Crippen molar-refractivity contribution in [3.8, 4) is 5.75 Å². The fourth-order valence-corrected chi connectivity index (χ4v) is 4.12. The number of anilines is 4. The molecule has 0 unspecified atom stereocenters. The van der Waals surface area contributed by atoms with Crippen LogP contribution in [0, 0.1) is 0 Å². The number of amides is 2. The molecule has 0 aliphatic heterocycles. The second-order valence-corrected chi connectivity index (χ2v) is 9.66. The van der Waals surface area contributed by atoms with Gasteiger partial charge >= 0.3 is 0 Å². The van der Waals surface area contributed by atoms with Gasteiger partial charge in [0.2, 0.25) is 0 Å². The molecular weight excluding hydrogens is 530 g/mol. The molecule has 4 aromatic carbocycles. The first-order valence-electron chi connectivity index (χ1n) is 11.9. The zero-order valence-corrected chi connectivity index (χ0v) is 22.2. The zero-order chi connectivity index (χ0) is 26.2. The maximum Gasteiger partial charge on any atom is 0.262 e. The lowest BCUT2D eigenvalue weighted by molar-refractivity contribution is -0.118. The maximum atomic E-state index is 13.0. The van der Waals surface area contributed by atoms with Gasteiger partial charge in [-0.05, 0) is 78.2 Å². The minimum Gasteiger partial charge on any atom is -0.483 e. The lowest BCUT2D eigenvalue weighted by atomic mass is 10.0. The van der Waals surface area contributed by atoms with Crippen LogP contribution in [0.15, 0.2) is 102 Å². The summed E-state index contributed by atoms with van der Waals surface area (Å²) in [7, 11) is 0. The molecule has 0 saturated carbocycles. The van der Waals surface area contributed by atoms with E-state index in [4.69, 9.17) is 4.74 Å².